The first-order valence-electron chi connectivity index (χ1n) is 5.45. The van der Waals surface area contributed by atoms with Crippen LogP contribution in [0.5, 0.6) is 0 Å². The minimum atomic E-state index is 0.259. The van der Waals surface area contributed by atoms with Gasteiger partial charge < -0.3 is 4.74 Å². The van der Waals surface area contributed by atoms with E-state index in [-0.39, 0.29) is 5.78 Å². The number of hydrogen-bond acceptors (Lipinski definition) is 3. The van der Waals surface area contributed by atoms with Crippen molar-refractivity contribution in [3.05, 3.63) is 21.9 Å². The van der Waals surface area contributed by atoms with Crippen molar-refractivity contribution in [3.63, 3.8) is 0 Å². The Labute approximate surface area is 94.3 Å². The maximum Gasteiger partial charge on any atom is 0.163 e. The highest BCUT2D eigenvalue weighted by molar-refractivity contribution is 7.10. The van der Waals surface area contributed by atoms with Crippen LogP contribution in [0.3, 0.4) is 0 Å². The van der Waals surface area contributed by atoms with Crippen LogP contribution in [0, 0.1) is 6.92 Å². The Hall–Kier alpha value is -0.670. The highest BCUT2D eigenvalue weighted by Gasteiger charge is 2.17. The molecule has 0 saturated carbocycles. The van der Waals surface area contributed by atoms with Crippen LogP contribution in [-0.2, 0) is 4.74 Å². The molecule has 2 heterocycles. The van der Waals surface area contributed by atoms with Crippen molar-refractivity contribution in [3.8, 4) is 0 Å². The molecule has 1 unspecified atom stereocenters. The van der Waals surface area contributed by atoms with Crippen LogP contribution in [-0.4, -0.2) is 18.5 Å². The summed E-state index contributed by atoms with van der Waals surface area (Å²) in [5.74, 6) is 0.259. The lowest BCUT2D eigenvalue weighted by Gasteiger charge is -2.07. The second-order valence-corrected chi connectivity index (χ2v) is 5.16. The maximum atomic E-state index is 11.8. The molecule has 1 aromatic heterocycles. The van der Waals surface area contributed by atoms with Crippen molar-refractivity contribution in [2.24, 2.45) is 0 Å². The van der Waals surface area contributed by atoms with Crippen LogP contribution < -0.4 is 0 Å². The van der Waals surface area contributed by atoms with Crippen LogP contribution in [0.2, 0.25) is 0 Å². The zero-order valence-electron chi connectivity index (χ0n) is 8.99. The molecule has 3 heteroatoms. The molecule has 1 aromatic rings. The van der Waals surface area contributed by atoms with E-state index in [1.165, 1.54) is 4.88 Å². The van der Waals surface area contributed by atoms with Crippen LogP contribution in [0.25, 0.3) is 0 Å². The molecule has 1 aliphatic heterocycles. The summed E-state index contributed by atoms with van der Waals surface area (Å²) in [7, 11) is 0. The van der Waals surface area contributed by atoms with Gasteiger partial charge in [-0.3, -0.25) is 4.79 Å². The minimum Gasteiger partial charge on any atom is -0.378 e. The van der Waals surface area contributed by atoms with Crippen LogP contribution in [0.4, 0.5) is 0 Å². The molecule has 1 aliphatic rings. The van der Waals surface area contributed by atoms with Crippen molar-refractivity contribution in [2.45, 2.75) is 38.7 Å². The third-order valence-electron chi connectivity index (χ3n) is 2.77. The quantitative estimate of drug-likeness (QED) is 0.734. The molecule has 0 aliphatic carbocycles. The molecular formula is C12H16O2S. The zero-order valence-corrected chi connectivity index (χ0v) is 9.81. The number of ketones is 1. The summed E-state index contributed by atoms with van der Waals surface area (Å²) in [6.07, 6.45) is 4.11. The van der Waals surface area contributed by atoms with Gasteiger partial charge in [0.1, 0.15) is 0 Å². The molecule has 1 fully saturated rings. The van der Waals surface area contributed by atoms with Gasteiger partial charge in [-0.15, -0.1) is 11.3 Å². The first-order valence-corrected chi connectivity index (χ1v) is 6.33. The molecule has 0 bridgehead atoms. The van der Waals surface area contributed by atoms with Gasteiger partial charge in [0, 0.05) is 28.8 Å². The molecule has 1 atom stereocenters. The van der Waals surface area contributed by atoms with Crippen LogP contribution in [0.15, 0.2) is 11.4 Å². The number of hydrogen-bond donors (Lipinski definition) is 0. The monoisotopic (exact) mass is 224 g/mol. The largest absolute Gasteiger partial charge is 0.378 e. The first kappa shape index (κ1) is 10.8. The van der Waals surface area contributed by atoms with E-state index >= 15 is 0 Å². The Morgan fingerprint density at radius 1 is 1.67 bits per heavy atom. The normalized spacial score (nSPS) is 20.7. The lowest BCUT2D eigenvalue weighted by molar-refractivity contribution is 0.0859. The second-order valence-electron chi connectivity index (χ2n) is 4.04. The Balaban J connectivity index is 1.81. The summed E-state index contributed by atoms with van der Waals surface area (Å²) in [6, 6.07) is 1.97. The van der Waals surface area contributed by atoms with Crippen molar-refractivity contribution in [1.82, 2.24) is 0 Å². The number of carbonyl (C=O) groups is 1. The average molecular weight is 224 g/mol. The van der Waals surface area contributed by atoms with Gasteiger partial charge in [-0.25, -0.2) is 0 Å². The lowest BCUT2D eigenvalue weighted by atomic mass is 10.1. The highest BCUT2D eigenvalue weighted by atomic mass is 32.1. The van der Waals surface area contributed by atoms with Crippen LogP contribution >= 0.6 is 11.3 Å². The highest BCUT2D eigenvalue weighted by Crippen LogP contribution is 2.20. The summed E-state index contributed by atoms with van der Waals surface area (Å²) in [5, 5.41) is 1.95. The fourth-order valence-corrected chi connectivity index (χ4v) is 2.61. The summed E-state index contributed by atoms with van der Waals surface area (Å²) in [5.41, 5.74) is 0.871. The van der Waals surface area contributed by atoms with Crippen LogP contribution in [0.1, 0.15) is 40.9 Å². The molecule has 15 heavy (non-hydrogen) atoms. The Morgan fingerprint density at radius 2 is 2.53 bits per heavy atom. The summed E-state index contributed by atoms with van der Waals surface area (Å²) < 4.78 is 5.49. The Morgan fingerprint density at radius 3 is 3.13 bits per heavy atom. The third-order valence-corrected chi connectivity index (χ3v) is 3.63. The molecule has 0 amide bonds. The smallest absolute Gasteiger partial charge is 0.163 e. The van der Waals surface area contributed by atoms with Gasteiger partial charge in [0.25, 0.3) is 0 Å². The number of thiophene rings is 1. The van der Waals surface area contributed by atoms with Gasteiger partial charge in [-0.1, -0.05) is 0 Å². The molecule has 82 valence electrons. The fourth-order valence-electron chi connectivity index (χ4n) is 1.90. The molecule has 0 spiro atoms. The third kappa shape index (κ3) is 2.89. The van der Waals surface area contributed by atoms with Gasteiger partial charge in [-0.2, -0.15) is 0 Å². The van der Waals surface area contributed by atoms with Crippen molar-refractivity contribution in [1.29, 1.82) is 0 Å². The predicted molar refractivity (Wildman–Crippen MR) is 61.6 cm³/mol. The summed E-state index contributed by atoms with van der Waals surface area (Å²) >= 11 is 1.64. The molecular weight excluding hydrogens is 208 g/mol. The van der Waals surface area contributed by atoms with Crippen molar-refractivity contribution < 1.29 is 9.53 Å². The van der Waals surface area contributed by atoms with E-state index in [4.69, 9.17) is 4.74 Å². The molecule has 0 aromatic carbocycles. The maximum absolute atomic E-state index is 11.8. The lowest BCUT2D eigenvalue weighted by Crippen LogP contribution is -2.08. The predicted octanol–water partition coefficient (Wildman–Crippen LogP) is 3.20. The molecule has 2 rings (SSSR count). The van der Waals surface area contributed by atoms with E-state index in [1.54, 1.807) is 11.3 Å². The van der Waals surface area contributed by atoms with E-state index in [0.29, 0.717) is 12.5 Å². The molecule has 1 saturated heterocycles. The SMILES string of the molecule is Cc1cc(C(=O)CCC2CCCO2)cs1. The second kappa shape index (κ2) is 4.90. The van der Waals surface area contributed by atoms with Gasteiger partial charge in [0.15, 0.2) is 5.78 Å². The number of rotatable bonds is 4. The zero-order chi connectivity index (χ0) is 10.7. The minimum absolute atomic E-state index is 0.259. The first-order chi connectivity index (χ1) is 7.25. The van der Waals surface area contributed by atoms with E-state index in [9.17, 15) is 4.79 Å². The van der Waals surface area contributed by atoms with Gasteiger partial charge in [0.05, 0.1) is 6.10 Å². The number of carbonyl (C=O) groups excluding carboxylic acids is 1. The van der Waals surface area contributed by atoms with E-state index in [0.717, 1.165) is 31.4 Å². The van der Waals surface area contributed by atoms with E-state index < -0.39 is 0 Å². The van der Waals surface area contributed by atoms with Gasteiger partial charge in [0.2, 0.25) is 0 Å². The molecule has 0 radical (unpaired) electrons. The Bertz CT molecular complexity index is 337. The Kier molecular flexibility index (Phi) is 3.54. The van der Waals surface area contributed by atoms with E-state index in [1.807, 2.05) is 18.4 Å². The fraction of sp³-hybridized carbons (Fsp3) is 0.583. The van der Waals surface area contributed by atoms with Crippen molar-refractivity contribution >= 4 is 17.1 Å². The number of Topliss-reactive ketones (excluding diaryl/α,β-unsaturated/α-hetero) is 1. The van der Waals surface area contributed by atoms with Crippen molar-refractivity contribution in [2.75, 3.05) is 6.61 Å². The number of aryl methyl sites for hydroxylation is 1. The average Bonchev–Trinajstić information content (AvgIpc) is 2.84. The molecule has 0 N–H and O–H groups in total. The van der Waals surface area contributed by atoms with E-state index in [2.05, 4.69) is 0 Å². The molecule has 2 nitrogen and oxygen atoms in total. The van der Waals surface area contributed by atoms with Gasteiger partial charge in [-0.05, 0) is 32.3 Å². The summed E-state index contributed by atoms with van der Waals surface area (Å²) in [4.78, 5) is 13.0. The number of ether oxygens (including phenoxy) is 1. The van der Waals surface area contributed by atoms with Gasteiger partial charge >= 0.3 is 0 Å². The standard InChI is InChI=1S/C12H16O2S/c1-9-7-10(8-15-9)12(13)5-4-11-3-2-6-14-11/h7-8,11H,2-6H2,1H3. The topological polar surface area (TPSA) is 26.3 Å². The summed E-state index contributed by atoms with van der Waals surface area (Å²) in [6.45, 7) is 2.90.